The summed E-state index contributed by atoms with van der Waals surface area (Å²) in [6, 6.07) is 4.05. The topological polar surface area (TPSA) is 30.0 Å². The molecular weight excluding hydrogens is 174 g/mol. The van der Waals surface area contributed by atoms with Gasteiger partial charge in [0.2, 0.25) is 0 Å². The summed E-state index contributed by atoms with van der Waals surface area (Å²) in [5.41, 5.74) is 3.39. The van der Waals surface area contributed by atoms with E-state index in [9.17, 15) is 4.79 Å². The lowest BCUT2D eigenvalue weighted by atomic mass is 9.91. The number of aryl methyl sites for hydroxylation is 1. The third-order valence-electron chi connectivity index (χ3n) is 2.47. The lowest BCUT2D eigenvalue weighted by Gasteiger charge is -2.16. The highest BCUT2D eigenvalue weighted by molar-refractivity contribution is 5.95. The molecule has 0 atom stereocenters. The van der Waals surface area contributed by atoms with Crippen molar-refractivity contribution in [2.24, 2.45) is 0 Å². The molecule has 14 heavy (non-hydrogen) atoms. The van der Waals surface area contributed by atoms with Gasteiger partial charge in [0, 0.05) is 6.20 Å². The molecule has 0 aliphatic heterocycles. The predicted octanol–water partition coefficient (Wildman–Crippen LogP) is 2.39. The fourth-order valence-corrected chi connectivity index (χ4v) is 1.90. The second kappa shape index (κ2) is 3.74. The first-order chi connectivity index (χ1) is 6.77. The molecule has 1 aliphatic carbocycles. The maximum absolute atomic E-state index is 11.0. The molecule has 72 valence electrons. The standard InChI is InChI=1S/C12H13NO/c1-9(14)8-11-5-2-4-10-6-3-7-13-12(10)11/h3,6-8H,2,4-5H2,1H3/b11-8+. The van der Waals surface area contributed by atoms with E-state index >= 15 is 0 Å². The molecule has 2 rings (SSSR count). The predicted molar refractivity (Wildman–Crippen MR) is 55.8 cm³/mol. The number of pyridine rings is 1. The van der Waals surface area contributed by atoms with Crippen LogP contribution in [0, 0.1) is 0 Å². The summed E-state index contributed by atoms with van der Waals surface area (Å²) in [5.74, 6) is 0.110. The summed E-state index contributed by atoms with van der Waals surface area (Å²) in [4.78, 5) is 15.4. The van der Waals surface area contributed by atoms with E-state index in [4.69, 9.17) is 0 Å². The smallest absolute Gasteiger partial charge is 0.152 e. The van der Waals surface area contributed by atoms with E-state index in [1.807, 2.05) is 6.07 Å². The summed E-state index contributed by atoms with van der Waals surface area (Å²) >= 11 is 0. The highest BCUT2D eigenvalue weighted by Gasteiger charge is 2.14. The van der Waals surface area contributed by atoms with Crippen molar-refractivity contribution in [1.29, 1.82) is 0 Å². The van der Waals surface area contributed by atoms with Crippen LogP contribution in [0.3, 0.4) is 0 Å². The van der Waals surface area contributed by atoms with Crippen LogP contribution in [0.25, 0.3) is 5.57 Å². The number of carbonyl (C=O) groups is 1. The Labute approximate surface area is 83.7 Å². The SMILES string of the molecule is CC(=O)/C=C1\CCCc2cccnc21. The van der Waals surface area contributed by atoms with Gasteiger partial charge in [-0.15, -0.1) is 0 Å². The van der Waals surface area contributed by atoms with Gasteiger partial charge in [0.1, 0.15) is 0 Å². The minimum Gasteiger partial charge on any atom is -0.295 e. The third kappa shape index (κ3) is 1.74. The molecule has 0 aromatic carbocycles. The molecule has 0 fully saturated rings. The molecule has 1 aliphatic rings. The van der Waals surface area contributed by atoms with E-state index in [1.54, 1.807) is 19.2 Å². The van der Waals surface area contributed by atoms with E-state index in [2.05, 4.69) is 11.1 Å². The number of hydrogen-bond donors (Lipinski definition) is 0. The zero-order chi connectivity index (χ0) is 9.97. The van der Waals surface area contributed by atoms with Crippen LogP contribution < -0.4 is 0 Å². The van der Waals surface area contributed by atoms with Gasteiger partial charge in [-0.2, -0.15) is 0 Å². The molecule has 0 radical (unpaired) electrons. The van der Waals surface area contributed by atoms with Crippen LogP contribution >= 0.6 is 0 Å². The Kier molecular flexibility index (Phi) is 2.44. The second-order valence-corrected chi connectivity index (χ2v) is 3.64. The van der Waals surface area contributed by atoms with Gasteiger partial charge >= 0.3 is 0 Å². The number of carbonyl (C=O) groups excluding carboxylic acids is 1. The fourth-order valence-electron chi connectivity index (χ4n) is 1.90. The number of aromatic nitrogens is 1. The van der Waals surface area contributed by atoms with Gasteiger partial charge in [0.15, 0.2) is 5.78 Å². The van der Waals surface area contributed by atoms with Crippen molar-refractivity contribution in [3.63, 3.8) is 0 Å². The largest absolute Gasteiger partial charge is 0.295 e. The van der Waals surface area contributed by atoms with Gasteiger partial charge < -0.3 is 0 Å². The molecule has 1 aromatic rings. The normalized spacial score (nSPS) is 17.9. The number of rotatable bonds is 1. The van der Waals surface area contributed by atoms with Crippen molar-refractivity contribution in [2.45, 2.75) is 26.2 Å². The quantitative estimate of drug-likeness (QED) is 0.632. The van der Waals surface area contributed by atoms with Crippen LogP contribution in [-0.4, -0.2) is 10.8 Å². The maximum Gasteiger partial charge on any atom is 0.152 e. The van der Waals surface area contributed by atoms with Gasteiger partial charge in [-0.05, 0) is 49.5 Å². The summed E-state index contributed by atoms with van der Waals surface area (Å²) in [7, 11) is 0. The van der Waals surface area contributed by atoms with Crippen molar-refractivity contribution in [3.05, 3.63) is 35.7 Å². The monoisotopic (exact) mass is 187 g/mol. The molecule has 2 heteroatoms. The van der Waals surface area contributed by atoms with Crippen molar-refractivity contribution in [3.8, 4) is 0 Å². The van der Waals surface area contributed by atoms with Crippen LogP contribution in [0.2, 0.25) is 0 Å². The molecule has 2 nitrogen and oxygen atoms in total. The zero-order valence-corrected chi connectivity index (χ0v) is 8.29. The molecule has 0 saturated carbocycles. The lowest BCUT2D eigenvalue weighted by Crippen LogP contribution is -2.04. The molecule has 1 aromatic heterocycles. The number of nitrogens with zero attached hydrogens (tertiary/aromatic N) is 1. The molecule has 0 bridgehead atoms. The Balaban J connectivity index is 2.45. The molecule has 0 N–H and O–H groups in total. The van der Waals surface area contributed by atoms with E-state index in [0.29, 0.717) is 0 Å². The summed E-state index contributed by atoms with van der Waals surface area (Å²) in [5, 5.41) is 0. The van der Waals surface area contributed by atoms with Crippen LogP contribution in [-0.2, 0) is 11.2 Å². The number of allylic oxidation sites excluding steroid dienone is 2. The third-order valence-corrected chi connectivity index (χ3v) is 2.47. The molecule has 0 unspecified atom stereocenters. The Morgan fingerprint density at radius 2 is 2.36 bits per heavy atom. The van der Waals surface area contributed by atoms with Crippen molar-refractivity contribution in [2.75, 3.05) is 0 Å². The van der Waals surface area contributed by atoms with Crippen LogP contribution in [0.1, 0.15) is 31.0 Å². The zero-order valence-electron chi connectivity index (χ0n) is 8.29. The van der Waals surface area contributed by atoms with E-state index < -0.39 is 0 Å². The average Bonchev–Trinajstić information content (AvgIpc) is 2.18. The Hall–Kier alpha value is -1.44. The molecule has 0 spiro atoms. The van der Waals surface area contributed by atoms with Crippen LogP contribution in [0.4, 0.5) is 0 Å². The van der Waals surface area contributed by atoms with Crippen LogP contribution in [0.5, 0.6) is 0 Å². The highest BCUT2D eigenvalue weighted by Crippen LogP contribution is 2.28. The summed E-state index contributed by atoms with van der Waals surface area (Å²) < 4.78 is 0. The van der Waals surface area contributed by atoms with Crippen molar-refractivity contribution < 1.29 is 4.79 Å². The summed E-state index contributed by atoms with van der Waals surface area (Å²) in [6.45, 7) is 1.59. The number of ketones is 1. The summed E-state index contributed by atoms with van der Waals surface area (Å²) in [6.07, 6.45) is 6.68. The van der Waals surface area contributed by atoms with E-state index in [0.717, 1.165) is 30.5 Å². The van der Waals surface area contributed by atoms with Crippen molar-refractivity contribution in [1.82, 2.24) is 4.98 Å². The minimum absolute atomic E-state index is 0.110. The van der Waals surface area contributed by atoms with E-state index in [1.165, 1.54) is 5.56 Å². The van der Waals surface area contributed by atoms with Gasteiger partial charge in [-0.3, -0.25) is 9.78 Å². The van der Waals surface area contributed by atoms with Crippen LogP contribution in [0.15, 0.2) is 24.4 Å². The van der Waals surface area contributed by atoms with Crippen molar-refractivity contribution >= 4 is 11.4 Å². The first kappa shape index (κ1) is 9.13. The Morgan fingerprint density at radius 3 is 3.14 bits per heavy atom. The van der Waals surface area contributed by atoms with E-state index in [-0.39, 0.29) is 5.78 Å². The number of fused-ring (bicyclic) bond motifs is 1. The number of hydrogen-bond acceptors (Lipinski definition) is 2. The molecule has 0 saturated heterocycles. The first-order valence-corrected chi connectivity index (χ1v) is 4.93. The van der Waals surface area contributed by atoms with Gasteiger partial charge in [-0.1, -0.05) is 6.07 Å². The second-order valence-electron chi connectivity index (χ2n) is 3.64. The molecule has 0 amide bonds. The molecule has 1 heterocycles. The fraction of sp³-hybridized carbons (Fsp3) is 0.333. The molecular formula is C12H13NO. The Bertz CT molecular complexity index is 393. The van der Waals surface area contributed by atoms with Gasteiger partial charge in [0.05, 0.1) is 5.69 Å². The van der Waals surface area contributed by atoms with Gasteiger partial charge in [0.25, 0.3) is 0 Å². The van der Waals surface area contributed by atoms with Gasteiger partial charge in [-0.25, -0.2) is 0 Å². The highest BCUT2D eigenvalue weighted by atomic mass is 16.1. The minimum atomic E-state index is 0.110. The Morgan fingerprint density at radius 1 is 1.50 bits per heavy atom. The first-order valence-electron chi connectivity index (χ1n) is 4.93. The average molecular weight is 187 g/mol. The lowest BCUT2D eigenvalue weighted by molar-refractivity contribution is -0.112. The maximum atomic E-state index is 11.0.